The largest absolute Gasteiger partial charge is 0.291 e. The van der Waals surface area contributed by atoms with Crippen molar-refractivity contribution in [2.24, 2.45) is 0 Å². The van der Waals surface area contributed by atoms with E-state index in [9.17, 15) is 14.9 Å². The predicted molar refractivity (Wildman–Crippen MR) is 109 cm³/mol. The quantitative estimate of drug-likeness (QED) is 0.127. The van der Waals surface area contributed by atoms with Gasteiger partial charge in [-0.05, 0) is 51.0 Å². The maximum Gasteiger partial charge on any atom is 0.246 e. The van der Waals surface area contributed by atoms with E-state index in [1.807, 2.05) is 18.4 Å². The highest BCUT2D eigenvalue weighted by atomic mass is 16.6. The Labute approximate surface area is 158 Å². The molecule has 0 saturated carbocycles. The van der Waals surface area contributed by atoms with Gasteiger partial charge in [-0.15, -0.1) is 0 Å². The van der Waals surface area contributed by atoms with Gasteiger partial charge in [0, 0.05) is 6.42 Å². The van der Waals surface area contributed by atoms with E-state index >= 15 is 0 Å². The summed E-state index contributed by atoms with van der Waals surface area (Å²) in [5.41, 5.74) is 0.301. The lowest BCUT2D eigenvalue weighted by molar-refractivity contribution is -0.427. The fourth-order valence-electron chi connectivity index (χ4n) is 2.40. The Hall–Kier alpha value is -1.97. The van der Waals surface area contributed by atoms with E-state index in [0.29, 0.717) is 18.5 Å². The standard InChI is InChI=1S/C22H34NO3/c1-2-3-4-16-19-22(23(25)26)20-17-14-12-10-8-6-5-7-9-11-13-15-18-21-24/h5,7-8,10,14,17,19H,2-4,6,9,11-13,15-16,18,20H2,1H3/b7-5-,10-8-,17-14-,22-19+. The van der Waals surface area contributed by atoms with Crippen LogP contribution in [0.5, 0.6) is 0 Å². The van der Waals surface area contributed by atoms with Crippen LogP contribution < -0.4 is 0 Å². The maximum atomic E-state index is 11.0. The summed E-state index contributed by atoms with van der Waals surface area (Å²) < 4.78 is 0. The molecule has 0 aromatic carbocycles. The lowest BCUT2D eigenvalue weighted by atomic mass is 10.1. The fourth-order valence-corrected chi connectivity index (χ4v) is 2.40. The lowest BCUT2D eigenvalue weighted by Gasteiger charge is -1.95. The number of unbranched alkanes of at least 4 members (excludes halogenated alkanes) is 7. The molecule has 0 aliphatic rings. The number of allylic oxidation sites excluding steroid dienone is 7. The minimum atomic E-state index is -0.270. The molecule has 4 nitrogen and oxygen atoms in total. The molecule has 0 aromatic rings. The van der Waals surface area contributed by atoms with Crippen molar-refractivity contribution in [2.75, 3.05) is 0 Å². The van der Waals surface area contributed by atoms with Crippen molar-refractivity contribution in [1.82, 2.24) is 0 Å². The topological polar surface area (TPSA) is 60.2 Å². The first-order valence-corrected chi connectivity index (χ1v) is 9.85. The van der Waals surface area contributed by atoms with Gasteiger partial charge in [0.1, 0.15) is 0 Å². The number of hydrogen-bond acceptors (Lipinski definition) is 3. The number of hydrogen-bond donors (Lipinski definition) is 0. The third-order valence-electron chi connectivity index (χ3n) is 3.94. The molecule has 1 radical (unpaired) electrons. The molecule has 0 aromatic heterocycles. The Bertz CT molecular complexity index is 476. The van der Waals surface area contributed by atoms with Crippen LogP contribution in [-0.4, -0.2) is 11.2 Å². The normalized spacial score (nSPS) is 12.6. The molecule has 0 unspecified atom stereocenters. The first-order valence-electron chi connectivity index (χ1n) is 9.85. The van der Waals surface area contributed by atoms with Crippen LogP contribution in [0.15, 0.2) is 48.2 Å². The van der Waals surface area contributed by atoms with Crippen molar-refractivity contribution < 1.29 is 9.72 Å². The van der Waals surface area contributed by atoms with Crippen LogP contribution in [0.3, 0.4) is 0 Å². The number of nitrogens with zero attached hydrogens (tertiary/aromatic N) is 1. The zero-order valence-corrected chi connectivity index (χ0v) is 16.2. The molecule has 26 heavy (non-hydrogen) atoms. The number of carbonyl (C=O) groups excluding carboxylic acids is 1. The zero-order valence-electron chi connectivity index (χ0n) is 16.2. The lowest BCUT2D eigenvalue weighted by Crippen LogP contribution is -1.97. The molecular formula is C22H34NO3. The van der Waals surface area contributed by atoms with Gasteiger partial charge in [0.15, 0.2) is 6.29 Å². The summed E-state index contributed by atoms with van der Waals surface area (Å²) in [6, 6.07) is 0. The second kappa shape index (κ2) is 19.4. The molecule has 0 amide bonds. The molecule has 0 fully saturated rings. The molecule has 0 spiro atoms. The van der Waals surface area contributed by atoms with Crippen molar-refractivity contribution in [3.63, 3.8) is 0 Å². The molecule has 145 valence electrons. The first-order chi connectivity index (χ1) is 12.7. The predicted octanol–water partition coefficient (Wildman–Crippen LogP) is 6.63. The van der Waals surface area contributed by atoms with Gasteiger partial charge in [0.05, 0.1) is 11.3 Å². The Morgan fingerprint density at radius 2 is 1.54 bits per heavy atom. The average Bonchev–Trinajstić information content (AvgIpc) is 2.63. The Kier molecular flexibility index (Phi) is 17.9. The third kappa shape index (κ3) is 16.9. The van der Waals surface area contributed by atoms with Crippen LogP contribution in [0.1, 0.15) is 84.0 Å². The van der Waals surface area contributed by atoms with E-state index < -0.39 is 0 Å². The molecule has 0 saturated heterocycles. The van der Waals surface area contributed by atoms with Crippen molar-refractivity contribution in [3.8, 4) is 0 Å². The Balaban J connectivity index is 3.80. The fraction of sp³-hybridized carbons (Fsp3) is 0.591. The van der Waals surface area contributed by atoms with Crippen molar-refractivity contribution >= 4 is 6.29 Å². The van der Waals surface area contributed by atoms with E-state index in [1.165, 1.54) is 0 Å². The first kappa shape index (κ1) is 24.0. The molecule has 4 heteroatoms. The third-order valence-corrected chi connectivity index (χ3v) is 3.94. The smallest absolute Gasteiger partial charge is 0.246 e. The molecule has 0 atom stereocenters. The van der Waals surface area contributed by atoms with Crippen molar-refractivity contribution in [2.45, 2.75) is 84.0 Å². The highest BCUT2D eigenvalue weighted by molar-refractivity contribution is 5.50. The summed E-state index contributed by atoms with van der Waals surface area (Å²) in [6.07, 6.45) is 27.0. The van der Waals surface area contributed by atoms with E-state index in [2.05, 4.69) is 31.2 Å². The van der Waals surface area contributed by atoms with Gasteiger partial charge in [-0.25, -0.2) is 0 Å². The van der Waals surface area contributed by atoms with Crippen molar-refractivity contribution in [1.29, 1.82) is 0 Å². The van der Waals surface area contributed by atoms with Crippen LogP contribution >= 0.6 is 0 Å². The second-order valence-electron chi connectivity index (χ2n) is 6.28. The van der Waals surface area contributed by atoms with E-state index in [-0.39, 0.29) is 4.92 Å². The van der Waals surface area contributed by atoms with Gasteiger partial charge >= 0.3 is 0 Å². The minimum absolute atomic E-state index is 0.270. The average molecular weight is 361 g/mol. The zero-order chi connectivity index (χ0) is 19.3. The molecule has 0 rings (SSSR count). The Morgan fingerprint density at radius 1 is 0.885 bits per heavy atom. The van der Waals surface area contributed by atoms with Gasteiger partial charge in [0.2, 0.25) is 5.70 Å². The highest BCUT2D eigenvalue weighted by Gasteiger charge is 2.06. The molecule has 0 heterocycles. The van der Waals surface area contributed by atoms with Crippen LogP contribution in [-0.2, 0) is 4.79 Å². The van der Waals surface area contributed by atoms with Crippen LogP contribution in [0.4, 0.5) is 0 Å². The SMILES string of the molecule is CCCCC/C=C(\C/C=C\C/C=C\C/C=C\CCCCC[C]=O)[N+](=O)[O-]. The second-order valence-corrected chi connectivity index (χ2v) is 6.28. The van der Waals surface area contributed by atoms with Crippen LogP contribution in [0.25, 0.3) is 0 Å². The van der Waals surface area contributed by atoms with Gasteiger partial charge in [-0.3, -0.25) is 14.9 Å². The van der Waals surface area contributed by atoms with Gasteiger partial charge < -0.3 is 0 Å². The Morgan fingerprint density at radius 3 is 2.19 bits per heavy atom. The number of rotatable bonds is 17. The van der Waals surface area contributed by atoms with Gasteiger partial charge in [0.25, 0.3) is 0 Å². The van der Waals surface area contributed by atoms with E-state index in [1.54, 1.807) is 6.08 Å². The molecule has 0 aliphatic carbocycles. The summed E-state index contributed by atoms with van der Waals surface area (Å²) in [7, 11) is 0. The molecular weight excluding hydrogens is 326 g/mol. The van der Waals surface area contributed by atoms with Crippen molar-refractivity contribution in [3.05, 3.63) is 58.3 Å². The molecule has 0 N–H and O–H groups in total. The summed E-state index contributed by atoms with van der Waals surface area (Å²) in [5.74, 6) is 0. The number of nitro groups is 1. The van der Waals surface area contributed by atoms with Crippen LogP contribution in [0.2, 0.25) is 0 Å². The van der Waals surface area contributed by atoms with Crippen LogP contribution in [0, 0.1) is 10.1 Å². The summed E-state index contributed by atoms with van der Waals surface area (Å²) in [6.45, 7) is 2.13. The maximum absolute atomic E-state index is 11.0. The monoisotopic (exact) mass is 360 g/mol. The van der Waals surface area contributed by atoms with E-state index in [0.717, 1.165) is 64.2 Å². The summed E-state index contributed by atoms with van der Waals surface area (Å²) >= 11 is 0. The molecule has 0 aliphatic heterocycles. The summed E-state index contributed by atoms with van der Waals surface area (Å²) in [5, 5.41) is 11.0. The summed E-state index contributed by atoms with van der Waals surface area (Å²) in [4.78, 5) is 20.8. The highest BCUT2D eigenvalue weighted by Crippen LogP contribution is 2.09. The van der Waals surface area contributed by atoms with E-state index in [4.69, 9.17) is 0 Å². The minimum Gasteiger partial charge on any atom is -0.291 e. The molecule has 0 bridgehead atoms. The van der Waals surface area contributed by atoms with Gasteiger partial charge in [-0.1, -0.05) is 62.6 Å². The van der Waals surface area contributed by atoms with Gasteiger partial charge in [-0.2, -0.15) is 0 Å².